The summed E-state index contributed by atoms with van der Waals surface area (Å²) in [6.45, 7) is 0. The van der Waals surface area contributed by atoms with Crippen LogP contribution in [0.2, 0.25) is 0 Å². The second-order valence-electron chi connectivity index (χ2n) is 9.13. The summed E-state index contributed by atoms with van der Waals surface area (Å²) in [4.78, 5) is 9.38. The van der Waals surface area contributed by atoms with Crippen molar-refractivity contribution in [2.24, 2.45) is 9.98 Å². The molecule has 0 saturated heterocycles. The number of allylic oxidation sites excluding steroid dienone is 4. The van der Waals surface area contributed by atoms with E-state index in [4.69, 9.17) is 20.6 Å². The van der Waals surface area contributed by atoms with Crippen molar-refractivity contribution >= 4 is 35.2 Å². The standard InChI is InChI=1S/C28H20N4.2C5H5.2Fe.Ni/c1-2-10-21(9-1)23-17-19-29-26-14-6-8-16-28(26)32-24(22-11-3-4-12-22)18-20-30-25-13-5-7-15-27(25)31-23;2*1-2-4-5-3-1;;;/h1-20H;2*1-5H;;;/q-2;;;3*+2/b23-17-,24-18-,29-19?,30-20?;;;;;. The first-order chi connectivity index (χ1) is 20.9. The van der Waals surface area contributed by atoms with E-state index in [0.29, 0.717) is 0 Å². The van der Waals surface area contributed by atoms with Crippen molar-refractivity contribution in [2.75, 3.05) is 0 Å². The molecule has 0 bridgehead atoms. The van der Waals surface area contributed by atoms with Gasteiger partial charge in [-0.05, 0) is 140 Å². The molecule has 4 fully saturated rings. The second-order valence-corrected chi connectivity index (χ2v) is 9.13. The number of aliphatic imine (C=N–C) groups is 2. The van der Waals surface area contributed by atoms with Gasteiger partial charge in [0, 0.05) is 23.8 Å². The third kappa shape index (κ3) is 13.2. The average molecular weight is 713 g/mol. The molecule has 2 aromatic carbocycles. The van der Waals surface area contributed by atoms with Gasteiger partial charge in [-0.1, -0.05) is 48.6 Å². The van der Waals surface area contributed by atoms with Crippen molar-refractivity contribution in [2.45, 2.75) is 0 Å². The van der Waals surface area contributed by atoms with E-state index in [2.05, 4.69) is 0 Å². The normalized spacial score (nSPS) is 21.8. The maximum Gasteiger partial charge on any atom is 2.00 e. The van der Waals surface area contributed by atoms with Crippen LogP contribution in [0.1, 0.15) is 0 Å². The Morgan fingerprint density at radius 2 is 0.711 bits per heavy atom. The van der Waals surface area contributed by atoms with Crippen LogP contribution in [0.5, 0.6) is 0 Å². The molecule has 224 valence electrons. The summed E-state index contributed by atoms with van der Waals surface area (Å²) in [6.07, 6.45) is 43.6. The van der Waals surface area contributed by atoms with Crippen LogP contribution in [0.15, 0.2) is 82.1 Å². The molecular formula is C38H30Fe2N4Ni+4. The Labute approximate surface area is 304 Å². The topological polar surface area (TPSA) is 52.9 Å². The van der Waals surface area contributed by atoms with Crippen LogP contribution in [-0.2, 0) is 50.6 Å². The van der Waals surface area contributed by atoms with E-state index >= 15 is 0 Å². The monoisotopic (exact) mass is 712 g/mol. The van der Waals surface area contributed by atoms with Gasteiger partial charge in [0.2, 0.25) is 0 Å². The van der Waals surface area contributed by atoms with Crippen molar-refractivity contribution < 1.29 is 50.6 Å². The number of fused-ring (bicyclic) bond motifs is 2. The fourth-order valence-electron chi connectivity index (χ4n) is 4.10. The van der Waals surface area contributed by atoms with E-state index in [1.165, 1.54) is 0 Å². The third-order valence-electron chi connectivity index (χ3n) is 6.17. The van der Waals surface area contributed by atoms with Gasteiger partial charge >= 0.3 is 50.6 Å². The molecule has 1 aliphatic heterocycles. The van der Waals surface area contributed by atoms with E-state index in [0.717, 1.165) is 46.0 Å². The summed E-state index contributed by atoms with van der Waals surface area (Å²) in [5.74, 6) is 2.05. The Balaban J connectivity index is 0.000000463. The van der Waals surface area contributed by atoms with Gasteiger partial charge in [0.05, 0.1) is 0 Å². The smallest absolute Gasteiger partial charge is 0.659 e. The number of nitrogens with zero attached hydrogens (tertiary/aromatic N) is 4. The maximum atomic E-state index is 4.91. The number of hydrogen-bond acceptors (Lipinski definition) is 2. The summed E-state index contributed by atoms with van der Waals surface area (Å²) >= 11 is 0. The molecule has 1 heterocycles. The van der Waals surface area contributed by atoms with Crippen molar-refractivity contribution in [3.8, 4) is 0 Å². The molecule has 20 radical (unpaired) electrons. The van der Waals surface area contributed by atoms with Gasteiger partial charge in [-0.25, -0.2) is 0 Å². The SMILES string of the molecule is [CH]1[CH][CH][CH][CH]1.[CH]1[CH][CH][CH][CH]1.[CH]1[CH][CH][C](/C2=C/C=Nc3ccccc3[N-]/C([C]3[CH][CH][CH][CH]3)=C\C=Nc3ccccc3[N-]2)[CH]1.[Fe+2].[Fe+2].[Ni+2]. The summed E-state index contributed by atoms with van der Waals surface area (Å²) < 4.78 is 0. The number of hydrogen-bond donors (Lipinski definition) is 0. The first-order valence-corrected chi connectivity index (χ1v) is 13.7. The molecule has 4 saturated carbocycles. The van der Waals surface area contributed by atoms with Gasteiger partial charge in [0.15, 0.2) is 0 Å². The minimum absolute atomic E-state index is 0. The molecule has 7 rings (SSSR count). The van der Waals surface area contributed by atoms with Gasteiger partial charge in [-0.2, -0.15) is 11.4 Å². The van der Waals surface area contributed by atoms with Crippen molar-refractivity contribution in [3.63, 3.8) is 0 Å². The van der Waals surface area contributed by atoms with Crippen LogP contribution >= 0.6 is 0 Å². The first kappa shape index (κ1) is 39.6. The van der Waals surface area contributed by atoms with Crippen LogP contribution in [0.4, 0.5) is 22.7 Å². The van der Waals surface area contributed by atoms with E-state index in [1.807, 2.05) is 176 Å². The molecule has 4 aliphatic carbocycles. The van der Waals surface area contributed by atoms with Gasteiger partial charge in [0.25, 0.3) is 0 Å². The zero-order valence-corrected chi connectivity index (χ0v) is 27.3. The number of rotatable bonds is 2. The van der Waals surface area contributed by atoms with Gasteiger partial charge in [0.1, 0.15) is 0 Å². The van der Waals surface area contributed by atoms with Crippen molar-refractivity contribution in [3.05, 3.63) is 210 Å². The van der Waals surface area contributed by atoms with Crippen LogP contribution in [0.3, 0.4) is 0 Å². The fraction of sp³-hybridized carbons (Fsp3) is 0. The second kappa shape index (κ2) is 22.8. The molecule has 4 nitrogen and oxygen atoms in total. The van der Waals surface area contributed by atoms with E-state index in [1.54, 1.807) is 12.4 Å². The predicted molar refractivity (Wildman–Crippen MR) is 175 cm³/mol. The van der Waals surface area contributed by atoms with Crippen molar-refractivity contribution in [1.29, 1.82) is 0 Å². The average Bonchev–Trinajstić information content (AvgIpc) is 3.87. The van der Waals surface area contributed by atoms with Crippen molar-refractivity contribution in [1.82, 2.24) is 0 Å². The molecule has 0 N–H and O–H groups in total. The van der Waals surface area contributed by atoms with Gasteiger partial charge < -0.3 is 10.6 Å². The molecule has 0 amide bonds. The molecule has 0 atom stereocenters. The number of benzene rings is 2. The molecule has 0 unspecified atom stereocenters. The fourth-order valence-corrected chi connectivity index (χ4v) is 4.10. The summed E-state index contributed by atoms with van der Waals surface area (Å²) in [7, 11) is 0. The van der Waals surface area contributed by atoms with Crippen LogP contribution in [-0.4, -0.2) is 12.4 Å². The summed E-state index contributed by atoms with van der Waals surface area (Å²) in [5, 5.41) is 9.81. The summed E-state index contributed by atoms with van der Waals surface area (Å²) in [6, 6.07) is 15.7. The minimum Gasteiger partial charge on any atom is -0.659 e. The maximum absolute atomic E-state index is 4.91. The molecule has 0 spiro atoms. The third-order valence-corrected chi connectivity index (χ3v) is 6.17. The van der Waals surface area contributed by atoms with E-state index in [-0.39, 0.29) is 50.6 Å². The molecule has 45 heavy (non-hydrogen) atoms. The Morgan fingerprint density at radius 3 is 1.04 bits per heavy atom. The summed E-state index contributed by atoms with van der Waals surface area (Å²) in [5.41, 5.74) is 4.81. The zero-order valence-electron chi connectivity index (χ0n) is 24.1. The van der Waals surface area contributed by atoms with Crippen LogP contribution in [0.25, 0.3) is 10.6 Å². The molecule has 0 aromatic heterocycles. The molecular weight excluding hydrogens is 683 g/mol. The van der Waals surface area contributed by atoms with Crippen LogP contribution in [0, 0.1) is 127 Å². The van der Waals surface area contributed by atoms with E-state index < -0.39 is 0 Å². The van der Waals surface area contributed by atoms with Gasteiger partial charge in [-0.3, -0.25) is 9.98 Å². The van der Waals surface area contributed by atoms with Gasteiger partial charge in [-0.15, -0.1) is 11.4 Å². The molecule has 7 heteroatoms. The Hall–Kier alpha value is -1.61. The zero-order chi connectivity index (χ0) is 28.7. The Bertz CT molecular complexity index is 1110. The molecule has 2 aromatic rings. The molecule has 5 aliphatic rings. The Morgan fingerprint density at radius 1 is 0.400 bits per heavy atom. The first-order valence-electron chi connectivity index (χ1n) is 13.7. The van der Waals surface area contributed by atoms with E-state index in [9.17, 15) is 0 Å². The minimum atomic E-state index is 0. The number of para-hydroxylation sites is 4. The Kier molecular flexibility index (Phi) is 20.1. The predicted octanol–water partition coefficient (Wildman–Crippen LogP) is 9.43. The quantitative estimate of drug-likeness (QED) is 0.279. The largest absolute Gasteiger partial charge is 2.00 e. The van der Waals surface area contributed by atoms with Crippen LogP contribution < -0.4 is 0 Å².